The lowest BCUT2D eigenvalue weighted by Gasteiger charge is -1.99. The van der Waals surface area contributed by atoms with E-state index in [0.717, 1.165) is 6.42 Å². The van der Waals surface area contributed by atoms with Gasteiger partial charge in [-0.05, 0) is 12.3 Å². The number of amides is 1. The molecule has 5 nitrogen and oxygen atoms in total. The molecule has 1 fully saturated rings. The number of halogens is 3. The van der Waals surface area contributed by atoms with Gasteiger partial charge in [-0.1, -0.05) is 6.92 Å². The maximum absolute atomic E-state index is 12.1. The summed E-state index contributed by atoms with van der Waals surface area (Å²) in [5, 5.41) is 7.22. The predicted molar refractivity (Wildman–Crippen MR) is 47.3 cm³/mol. The zero-order valence-electron chi connectivity index (χ0n) is 8.30. The first-order valence-electron chi connectivity index (χ1n) is 4.68. The highest BCUT2D eigenvalue weighted by atomic mass is 19.4. The van der Waals surface area contributed by atoms with Crippen molar-refractivity contribution in [2.75, 3.05) is 5.32 Å². The maximum atomic E-state index is 12.1. The van der Waals surface area contributed by atoms with Gasteiger partial charge in [0.25, 0.3) is 0 Å². The van der Waals surface area contributed by atoms with Crippen molar-refractivity contribution in [1.82, 2.24) is 15.2 Å². The van der Waals surface area contributed by atoms with E-state index < -0.39 is 12.0 Å². The second-order valence-corrected chi connectivity index (χ2v) is 3.81. The lowest BCUT2D eigenvalue weighted by atomic mass is 10.3. The predicted octanol–water partition coefficient (Wildman–Crippen LogP) is 1.42. The second-order valence-electron chi connectivity index (χ2n) is 3.81. The average Bonchev–Trinajstić information content (AvgIpc) is 2.71. The minimum absolute atomic E-state index is 0.132. The summed E-state index contributed by atoms with van der Waals surface area (Å²) < 4.78 is 36.4. The summed E-state index contributed by atoms with van der Waals surface area (Å²) in [7, 11) is 0. The molecule has 1 heterocycles. The quantitative estimate of drug-likeness (QED) is 0.812. The van der Waals surface area contributed by atoms with Crippen LogP contribution < -0.4 is 5.32 Å². The Morgan fingerprint density at radius 2 is 2.19 bits per heavy atom. The fourth-order valence-corrected chi connectivity index (χ4v) is 1.33. The third kappa shape index (κ3) is 2.15. The number of nitrogens with zero attached hydrogens (tertiary/aromatic N) is 2. The van der Waals surface area contributed by atoms with Crippen LogP contribution in [0.15, 0.2) is 0 Å². The minimum Gasteiger partial charge on any atom is -0.293 e. The second kappa shape index (κ2) is 3.46. The summed E-state index contributed by atoms with van der Waals surface area (Å²) in [6, 6.07) is 0. The first-order chi connectivity index (χ1) is 7.38. The van der Waals surface area contributed by atoms with Gasteiger partial charge in [0.1, 0.15) is 0 Å². The third-order valence-corrected chi connectivity index (χ3v) is 2.44. The van der Waals surface area contributed by atoms with Crippen molar-refractivity contribution >= 4 is 11.9 Å². The fraction of sp³-hybridized carbons (Fsp3) is 0.625. The minimum atomic E-state index is -4.58. The lowest BCUT2D eigenvalue weighted by Crippen LogP contribution is -2.15. The summed E-state index contributed by atoms with van der Waals surface area (Å²) in [5.74, 6) is -1.74. The molecule has 2 unspecified atom stereocenters. The van der Waals surface area contributed by atoms with Crippen LogP contribution in [0, 0.1) is 11.8 Å². The molecule has 2 rings (SSSR count). The zero-order valence-corrected chi connectivity index (χ0v) is 8.30. The van der Waals surface area contributed by atoms with Gasteiger partial charge in [-0.25, -0.2) is 0 Å². The van der Waals surface area contributed by atoms with Crippen molar-refractivity contribution in [3.05, 3.63) is 5.82 Å². The van der Waals surface area contributed by atoms with Crippen LogP contribution in [0.4, 0.5) is 19.1 Å². The molecule has 8 heteroatoms. The summed E-state index contributed by atoms with van der Waals surface area (Å²) in [6.45, 7) is 1.89. The molecule has 16 heavy (non-hydrogen) atoms. The molecule has 0 saturated heterocycles. The lowest BCUT2D eigenvalue weighted by molar-refractivity contribution is -0.144. The van der Waals surface area contributed by atoms with Crippen molar-refractivity contribution in [3.8, 4) is 0 Å². The van der Waals surface area contributed by atoms with Gasteiger partial charge in [-0.15, -0.1) is 5.10 Å². The Labute approximate surface area is 88.4 Å². The van der Waals surface area contributed by atoms with Crippen molar-refractivity contribution in [2.24, 2.45) is 11.8 Å². The number of hydrogen-bond donors (Lipinski definition) is 2. The molecule has 0 radical (unpaired) electrons. The van der Waals surface area contributed by atoms with Crippen LogP contribution in [0.5, 0.6) is 0 Å². The SMILES string of the molecule is CC1CC1C(=O)Nc1n[nH]c(C(F)(F)F)n1. The van der Waals surface area contributed by atoms with Crippen molar-refractivity contribution in [2.45, 2.75) is 19.5 Å². The molecular weight excluding hydrogens is 225 g/mol. The van der Waals surface area contributed by atoms with Crippen molar-refractivity contribution in [1.29, 1.82) is 0 Å². The monoisotopic (exact) mass is 234 g/mol. The van der Waals surface area contributed by atoms with E-state index in [2.05, 4.69) is 15.4 Å². The van der Waals surface area contributed by atoms with E-state index in [4.69, 9.17) is 0 Å². The number of carbonyl (C=O) groups excluding carboxylic acids is 1. The van der Waals surface area contributed by atoms with Gasteiger partial charge in [0, 0.05) is 5.92 Å². The van der Waals surface area contributed by atoms with Crippen LogP contribution in [-0.4, -0.2) is 21.1 Å². The van der Waals surface area contributed by atoms with Gasteiger partial charge in [0.05, 0.1) is 0 Å². The highest BCUT2D eigenvalue weighted by Gasteiger charge is 2.40. The van der Waals surface area contributed by atoms with Crippen molar-refractivity contribution < 1.29 is 18.0 Å². The molecule has 1 saturated carbocycles. The Balaban J connectivity index is 2.00. The Morgan fingerprint density at radius 1 is 1.56 bits per heavy atom. The number of alkyl halides is 3. The maximum Gasteiger partial charge on any atom is 0.451 e. The van der Waals surface area contributed by atoms with E-state index in [1.807, 2.05) is 6.92 Å². The van der Waals surface area contributed by atoms with Crippen LogP contribution in [0.2, 0.25) is 0 Å². The van der Waals surface area contributed by atoms with Gasteiger partial charge in [-0.3, -0.25) is 15.2 Å². The molecule has 1 aromatic rings. The number of H-pyrrole nitrogens is 1. The number of carbonyl (C=O) groups is 1. The summed E-state index contributed by atoms with van der Waals surface area (Å²) >= 11 is 0. The molecule has 2 N–H and O–H groups in total. The fourth-order valence-electron chi connectivity index (χ4n) is 1.33. The smallest absolute Gasteiger partial charge is 0.293 e. The molecule has 1 amide bonds. The molecule has 0 spiro atoms. The summed E-state index contributed by atoms with van der Waals surface area (Å²) in [5.41, 5.74) is 0. The number of aromatic amines is 1. The largest absolute Gasteiger partial charge is 0.451 e. The Kier molecular flexibility index (Phi) is 2.36. The van der Waals surface area contributed by atoms with Gasteiger partial charge in [0.2, 0.25) is 17.7 Å². The topological polar surface area (TPSA) is 70.7 Å². The highest BCUT2D eigenvalue weighted by molar-refractivity contribution is 5.92. The van der Waals surface area contributed by atoms with E-state index in [1.165, 1.54) is 0 Å². The van der Waals surface area contributed by atoms with Crippen molar-refractivity contribution in [3.63, 3.8) is 0 Å². The third-order valence-electron chi connectivity index (χ3n) is 2.44. The molecule has 1 aromatic heterocycles. The van der Waals surface area contributed by atoms with Crippen LogP contribution in [0.3, 0.4) is 0 Å². The molecular formula is C8H9F3N4O. The zero-order chi connectivity index (χ0) is 11.9. The summed E-state index contributed by atoms with van der Waals surface area (Å²) in [6.07, 6.45) is -3.83. The number of nitrogens with one attached hydrogen (secondary N) is 2. The van der Waals surface area contributed by atoms with Crippen LogP contribution in [0.1, 0.15) is 19.2 Å². The van der Waals surface area contributed by atoms with Gasteiger partial charge >= 0.3 is 6.18 Å². The van der Waals surface area contributed by atoms with E-state index in [0.29, 0.717) is 0 Å². The number of aromatic nitrogens is 3. The molecule has 0 aromatic carbocycles. The van der Waals surface area contributed by atoms with E-state index in [1.54, 1.807) is 5.10 Å². The first kappa shape index (κ1) is 10.9. The van der Waals surface area contributed by atoms with E-state index >= 15 is 0 Å². The number of rotatable bonds is 2. The standard InChI is InChI=1S/C8H9F3N4O/c1-3-2-4(3)5(16)12-7-13-6(14-15-7)8(9,10)11/h3-4H,2H2,1H3,(H2,12,13,14,15,16). The number of anilines is 1. The van der Waals surface area contributed by atoms with Crippen LogP contribution in [0.25, 0.3) is 0 Å². The van der Waals surface area contributed by atoms with Gasteiger partial charge in [-0.2, -0.15) is 18.2 Å². The van der Waals surface area contributed by atoms with Gasteiger partial charge < -0.3 is 0 Å². The molecule has 1 aliphatic rings. The molecule has 0 aliphatic heterocycles. The van der Waals surface area contributed by atoms with E-state index in [9.17, 15) is 18.0 Å². The average molecular weight is 234 g/mol. The Morgan fingerprint density at radius 3 is 2.62 bits per heavy atom. The Bertz CT molecular complexity index is 414. The molecule has 1 aliphatic carbocycles. The summed E-state index contributed by atoms with van der Waals surface area (Å²) in [4.78, 5) is 14.5. The molecule has 0 bridgehead atoms. The van der Waals surface area contributed by atoms with E-state index in [-0.39, 0.29) is 23.7 Å². The number of hydrogen-bond acceptors (Lipinski definition) is 3. The first-order valence-corrected chi connectivity index (χ1v) is 4.68. The molecule has 88 valence electrons. The van der Waals surface area contributed by atoms with Crippen LogP contribution in [-0.2, 0) is 11.0 Å². The van der Waals surface area contributed by atoms with Gasteiger partial charge in [0.15, 0.2) is 0 Å². The van der Waals surface area contributed by atoms with Crippen LogP contribution >= 0.6 is 0 Å². The highest BCUT2D eigenvalue weighted by Crippen LogP contribution is 2.38. The normalized spacial score (nSPS) is 24.2. The Hall–Kier alpha value is -1.60. The molecule has 2 atom stereocenters.